The van der Waals surface area contributed by atoms with Crippen LogP contribution in [-0.4, -0.2) is 54.9 Å². The van der Waals surface area contributed by atoms with Crippen LogP contribution in [0.4, 0.5) is 0 Å². The third-order valence-electron chi connectivity index (χ3n) is 4.66. The van der Waals surface area contributed by atoms with Crippen molar-refractivity contribution in [3.05, 3.63) is 0 Å². The number of rotatable bonds is 4. The zero-order valence-electron chi connectivity index (χ0n) is 12.2. The van der Waals surface area contributed by atoms with Gasteiger partial charge < -0.3 is 10.0 Å². The average molecular weight is 317 g/mol. The number of hydrogen-bond donors (Lipinski definition) is 1. The Morgan fingerprint density at radius 3 is 2.10 bits per heavy atom. The number of carbonyl (C=O) groups excluding carboxylic acids is 1. The zero-order valence-corrected chi connectivity index (χ0v) is 13.0. The van der Waals surface area contributed by atoms with Crippen LogP contribution >= 0.6 is 0 Å². The zero-order chi connectivity index (χ0) is 15.5. The molecule has 1 amide bonds. The summed E-state index contributed by atoms with van der Waals surface area (Å²) in [4.78, 5) is 25.1. The minimum Gasteiger partial charge on any atom is -0.481 e. The van der Waals surface area contributed by atoms with Crippen LogP contribution in [0, 0.1) is 5.41 Å². The first-order valence-electron chi connectivity index (χ1n) is 7.52. The highest BCUT2D eigenvalue weighted by atomic mass is 32.2. The van der Waals surface area contributed by atoms with Crippen LogP contribution < -0.4 is 0 Å². The second kappa shape index (κ2) is 6.34. The van der Waals surface area contributed by atoms with Crippen LogP contribution in [0.2, 0.25) is 0 Å². The van der Waals surface area contributed by atoms with Crippen molar-refractivity contribution in [2.24, 2.45) is 5.41 Å². The molecule has 1 aliphatic carbocycles. The predicted molar refractivity (Wildman–Crippen MR) is 77.6 cm³/mol. The van der Waals surface area contributed by atoms with Crippen molar-refractivity contribution in [3.8, 4) is 0 Å². The molecule has 1 saturated carbocycles. The number of amides is 1. The van der Waals surface area contributed by atoms with Crippen LogP contribution in [0.5, 0.6) is 0 Å². The standard InChI is InChI=1S/C14H23NO5S/c16-12(15-6-8-21(19,20)9-7-15)10-14(11-13(17)18)4-2-1-3-5-14/h1-11H2,(H,17,18). The maximum Gasteiger partial charge on any atom is 0.303 e. The molecule has 0 aromatic rings. The van der Waals surface area contributed by atoms with Gasteiger partial charge >= 0.3 is 5.97 Å². The number of aliphatic carboxylic acids is 1. The fourth-order valence-corrected chi connectivity index (χ4v) is 4.63. The van der Waals surface area contributed by atoms with Gasteiger partial charge in [0.25, 0.3) is 0 Å². The van der Waals surface area contributed by atoms with E-state index in [0.717, 1.165) is 32.1 Å². The van der Waals surface area contributed by atoms with Crippen molar-refractivity contribution < 1.29 is 23.1 Å². The molecule has 1 saturated heterocycles. The summed E-state index contributed by atoms with van der Waals surface area (Å²) < 4.78 is 22.8. The maximum absolute atomic E-state index is 12.4. The van der Waals surface area contributed by atoms with Gasteiger partial charge in [0.15, 0.2) is 9.84 Å². The highest BCUT2D eigenvalue weighted by Gasteiger charge is 2.38. The Hall–Kier alpha value is -1.11. The van der Waals surface area contributed by atoms with Crippen molar-refractivity contribution in [2.75, 3.05) is 24.6 Å². The molecule has 0 spiro atoms. The van der Waals surface area contributed by atoms with Crippen molar-refractivity contribution in [2.45, 2.75) is 44.9 Å². The van der Waals surface area contributed by atoms with Gasteiger partial charge in [-0.3, -0.25) is 9.59 Å². The molecule has 1 N–H and O–H groups in total. The van der Waals surface area contributed by atoms with E-state index in [1.54, 1.807) is 4.90 Å². The Morgan fingerprint density at radius 2 is 1.57 bits per heavy atom. The molecule has 6 nitrogen and oxygen atoms in total. The van der Waals surface area contributed by atoms with E-state index in [4.69, 9.17) is 5.11 Å². The Bertz CT molecular complexity index is 493. The Morgan fingerprint density at radius 1 is 1.00 bits per heavy atom. The minimum atomic E-state index is -3.00. The quantitative estimate of drug-likeness (QED) is 0.837. The van der Waals surface area contributed by atoms with Gasteiger partial charge in [0.05, 0.1) is 17.9 Å². The van der Waals surface area contributed by atoms with Crippen LogP contribution in [0.25, 0.3) is 0 Å². The molecule has 2 aliphatic rings. The minimum absolute atomic E-state index is 0.0185. The summed E-state index contributed by atoms with van der Waals surface area (Å²) in [5.41, 5.74) is -0.433. The summed E-state index contributed by atoms with van der Waals surface area (Å²) in [6, 6.07) is 0. The first-order chi connectivity index (χ1) is 9.82. The van der Waals surface area contributed by atoms with Crippen molar-refractivity contribution in [3.63, 3.8) is 0 Å². The molecule has 0 unspecified atom stereocenters. The van der Waals surface area contributed by atoms with Gasteiger partial charge in [0.1, 0.15) is 0 Å². The highest BCUT2D eigenvalue weighted by molar-refractivity contribution is 7.91. The van der Waals surface area contributed by atoms with E-state index in [9.17, 15) is 18.0 Å². The Kier molecular flexibility index (Phi) is 4.91. The lowest BCUT2D eigenvalue weighted by Gasteiger charge is -2.38. The van der Waals surface area contributed by atoms with Crippen LogP contribution in [0.15, 0.2) is 0 Å². The molecule has 120 valence electrons. The second-order valence-electron chi connectivity index (χ2n) is 6.34. The summed E-state index contributed by atoms with van der Waals surface area (Å²) in [6.07, 6.45) is 4.85. The summed E-state index contributed by atoms with van der Waals surface area (Å²) >= 11 is 0. The van der Waals surface area contributed by atoms with E-state index in [2.05, 4.69) is 0 Å². The number of sulfone groups is 1. The summed E-state index contributed by atoms with van der Waals surface area (Å²) in [5, 5.41) is 9.12. The second-order valence-corrected chi connectivity index (χ2v) is 8.64. The molecule has 0 aromatic heterocycles. The van der Waals surface area contributed by atoms with Gasteiger partial charge in [0, 0.05) is 19.5 Å². The number of nitrogens with zero attached hydrogens (tertiary/aromatic N) is 1. The monoisotopic (exact) mass is 317 g/mol. The van der Waals surface area contributed by atoms with E-state index < -0.39 is 21.2 Å². The lowest BCUT2D eigenvalue weighted by molar-refractivity contribution is -0.142. The first-order valence-corrected chi connectivity index (χ1v) is 9.34. The summed E-state index contributed by atoms with van der Waals surface area (Å²) in [5.74, 6) is -0.908. The number of carboxylic acid groups (broad SMARTS) is 1. The number of hydrogen-bond acceptors (Lipinski definition) is 4. The normalized spacial score (nSPS) is 24.5. The largest absolute Gasteiger partial charge is 0.481 e. The molecule has 2 fully saturated rings. The molecule has 1 aliphatic heterocycles. The molecule has 0 aromatic carbocycles. The van der Waals surface area contributed by atoms with Crippen LogP contribution in [-0.2, 0) is 19.4 Å². The van der Waals surface area contributed by atoms with E-state index in [0.29, 0.717) is 0 Å². The number of carbonyl (C=O) groups is 2. The molecule has 1 heterocycles. The van der Waals surface area contributed by atoms with E-state index in [1.807, 2.05) is 0 Å². The van der Waals surface area contributed by atoms with E-state index in [-0.39, 0.29) is 43.3 Å². The smallest absolute Gasteiger partial charge is 0.303 e. The van der Waals surface area contributed by atoms with Gasteiger partial charge in [-0.1, -0.05) is 19.3 Å². The lowest BCUT2D eigenvalue weighted by atomic mass is 9.69. The van der Waals surface area contributed by atoms with Crippen molar-refractivity contribution in [1.29, 1.82) is 0 Å². The van der Waals surface area contributed by atoms with Crippen molar-refractivity contribution >= 4 is 21.7 Å². The highest BCUT2D eigenvalue weighted by Crippen LogP contribution is 2.42. The summed E-state index contributed by atoms with van der Waals surface area (Å²) in [7, 11) is -3.00. The van der Waals surface area contributed by atoms with Crippen LogP contribution in [0.1, 0.15) is 44.9 Å². The van der Waals surface area contributed by atoms with Crippen molar-refractivity contribution in [1.82, 2.24) is 4.90 Å². The third kappa shape index (κ3) is 4.43. The maximum atomic E-state index is 12.4. The SMILES string of the molecule is O=C(O)CC1(CC(=O)N2CCS(=O)(=O)CC2)CCCCC1. The lowest BCUT2D eigenvalue weighted by Crippen LogP contribution is -2.45. The molecule has 0 radical (unpaired) electrons. The van der Waals surface area contributed by atoms with Gasteiger partial charge in [0.2, 0.25) is 5.91 Å². The third-order valence-corrected chi connectivity index (χ3v) is 6.27. The fourth-order valence-electron chi connectivity index (χ4n) is 3.43. The molecule has 0 bridgehead atoms. The fraction of sp³-hybridized carbons (Fsp3) is 0.857. The van der Waals surface area contributed by atoms with E-state index >= 15 is 0 Å². The van der Waals surface area contributed by atoms with Gasteiger partial charge in [-0.25, -0.2) is 8.42 Å². The Balaban J connectivity index is 1.99. The molecule has 0 atom stereocenters. The van der Waals surface area contributed by atoms with Crippen LogP contribution in [0.3, 0.4) is 0 Å². The molecule has 2 rings (SSSR count). The molecular weight excluding hydrogens is 294 g/mol. The molecular formula is C14H23NO5S. The Labute approximate surface area is 125 Å². The topological polar surface area (TPSA) is 91.8 Å². The average Bonchev–Trinajstić information content (AvgIpc) is 2.38. The number of carboxylic acids is 1. The van der Waals surface area contributed by atoms with Gasteiger partial charge in [-0.05, 0) is 18.3 Å². The van der Waals surface area contributed by atoms with Gasteiger partial charge in [-0.15, -0.1) is 0 Å². The summed E-state index contributed by atoms with van der Waals surface area (Å²) in [6.45, 7) is 0.481. The van der Waals surface area contributed by atoms with Gasteiger partial charge in [-0.2, -0.15) is 0 Å². The predicted octanol–water partition coefficient (Wildman–Crippen LogP) is 1.06. The molecule has 7 heteroatoms. The molecule has 21 heavy (non-hydrogen) atoms. The van der Waals surface area contributed by atoms with E-state index in [1.165, 1.54) is 0 Å². The first kappa shape index (κ1) is 16.3.